The van der Waals surface area contributed by atoms with E-state index in [1.54, 1.807) is 13.8 Å². The van der Waals surface area contributed by atoms with E-state index in [4.69, 9.17) is 0 Å². The smallest absolute Gasteiger partial charge is 0.248 e. The minimum atomic E-state index is -3.84. The number of rotatable bonds is 5. The molecule has 112 valence electrons. The Morgan fingerprint density at radius 3 is 2.38 bits per heavy atom. The highest BCUT2D eigenvalue weighted by Crippen LogP contribution is 2.18. The molecule has 0 aliphatic heterocycles. The molecule has 2 rings (SSSR count). The highest BCUT2D eigenvalue weighted by atomic mass is 32.2. The maximum absolute atomic E-state index is 12.7. The lowest BCUT2D eigenvalue weighted by atomic mass is 10.2. The summed E-state index contributed by atoms with van der Waals surface area (Å²) in [7, 11) is -3.84. The molecule has 6 heteroatoms. The third-order valence-electron chi connectivity index (χ3n) is 3.13. The molecule has 5 nitrogen and oxygen atoms in total. The summed E-state index contributed by atoms with van der Waals surface area (Å²) in [5, 5.41) is 0. The van der Waals surface area contributed by atoms with Gasteiger partial charge in [0.1, 0.15) is 4.90 Å². The Morgan fingerprint density at radius 1 is 1.14 bits per heavy atom. The lowest BCUT2D eigenvalue weighted by molar-refractivity contribution is 0.347. The van der Waals surface area contributed by atoms with E-state index in [0.717, 1.165) is 5.56 Å². The van der Waals surface area contributed by atoms with Gasteiger partial charge in [0.2, 0.25) is 15.5 Å². The summed E-state index contributed by atoms with van der Waals surface area (Å²) in [6.07, 6.45) is 2.65. The predicted octanol–water partition coefficient (Wildman–Crippen LogP) is 1.97. The standard InChI is InChI=1S/C15H18N2O3S/c1-12(2)17(11-13-6-4-3-5-7-13)21(19,20)15-10-16-9-8-14(15)18/h3-10,12H,11H2,1-2H3,(H,16,18). The highest BCUT2D eigenvalue weighted by molar-refractivity contribution is 7.89. The van der Waals surface area contributed by atoms with E-state index in [2.05, 4.69) is 4.98 Å². The van der Waals surface area contributed by atoms with Gasteiger partial charge in [0.25, 0.3) is 0 Å². The topological polar surface area (TPSA) is 70.2 Å². The largest absolute Gasteiger partial charge is 0.366 e. The van der Waals surface area contributed by atoms with Crippen LogP contribution in [0.2, 0.25) is 0 Å². The summed E-state index contributed by atoms with van der Waals surface area (Å²) in [5.74, 6) is 0. The van der Waals surface area contributed by atoms with E-state index >= 15 is 0 Å². The van der Waals surface area contributed by atoms with E-state index in [1.165, 1.54) is 22.8 Å². The van der Waals surface area contributed by atoms with Crippen LogP contribution in [0.1, 0.15) is 19.4 Å². The molecule has 1 aromatic carbocycles. The number of sulfonamides is 1. The predicted molar refractivity (Wildman–Crippen MR) is 81.4 cm³/mol. The molecule has 0 aliphatic rings. The SMILES string of the molecule is CC(C)N(Cc1ccccc1)S(=O)(=O)c1c[nH]ccc1=O. The van der Waals surface area contributed by atoms with Crippen molar-refractivity contribution in [3.63, 3.8) is 0 Å². The molecule has 0 fully saturated rings. The van der Waals surface area contributed by atoms with Crippen LogP contribution in [0.3, 0.4) is 0 Å². The number of aromatic amines is 1. The van der Waals surface area contributed by atoms with Gasteiger partial charge >= 0.3 is 0 Å². The molecule has 0 amide bonds. The molecule has 0 spiro atoms. The zero-order valence-corrected chi connectivity index (χ0v) is 12.8. The second-order valence-corrected chi connectivity index (χ2v) is 6.86. The van der Waals surface area contributed by atoms with Gasteiger partial charge in [-0.1, -0.05) is 30.3 Å². The van der Waals surface area contributed by atoms with E-state index in [1.807, 2.05) is 30.3 Å². The molecule has 1 N–H and O–H groups in total. The van der Waals surface area contributed by atoms with Crippen LogP contribution in [0.25, 0.3) is 0 Å². The first-order valence-electron chi connectivity index (χ1n) is 6.66. The lowest BCUT2D eigenvalue weighted by Crippen LogP contribution is -2.38. The summed E-state index contributed by atoms with van der Waals surface area (Å²) < 4.78 is 26.7. The normalized spacial score (nSPS) is 12.0. The number of pyridine rings is 1. The number of nitrogens with zero attached hydrogens (tertiary/aromatic N) is 1. The van der Waals surface area contributed by atoms with Crippen LogP contribution in [0, 0.1) is 0 Å². The van der Waals surface area contributed by atoms with Crippen molar-refractivity contribution < 1.29 is 8.42 Å². The van der Waals surface area contributed by atoms with Crippen LogP contribution < -0.4 is 5.43 Å². The average molecular weight is 306 g/mol. The summed E-state index contributed by atoms with van der Waals surface area (Å²) in [6.45, 7) is 3.81. The van der Waals surface area contributed by atoms with Gasteiger partial charge in [-0.2, -0.15) is 4.31 Å². The summed E-state index contributed by atoms with van der Waals surface area (Å²) >= 11 is 0. The molecule has 0 bridgehead atoms. The fourth-order valence-electron chi connectivity index (χ4n) is 2.04. The number of benzene rings is 1. The van der Waals surface area contributed by atoms with Gasteiger partial charge in [-0.15, -0.1) is 0 Å². The molecular weight excluding hydrogens is 288 g/mol. The quantitative estimate of drug-likeness (QED) is 0.918. The second-order valence-electron chi connectivity index (χ2n) is 5.00. The van der Waals surface area contributed by atoms with Crippen LogP contribution in [0.5, 0.6) is 0 Å². The molecule has 21 heavy (non-hydrogen) atoms. The fourth-order valence-corrected chi connectivity index (χ4v) is 3.70. The van der Waals surface area contributed by atoms with Crippen LogP contribution in [-0.4, -0.2) is 23.7 Å². The van der Waals surface area contributed by atoms with Gasteiger partial charge in [0.15, 0.2) is 0 Å². The summed E-state index contributed by atoms with van der Waals surface area (Å²) in [4.78, 5) is 14.3. The molecule has 0 atom stereocenters. The highest BCUT2D eigenvalue weighted by Gasteiger charge is 2.29. The summed E-state index contributed by atoms with van der Waals surface area (Å²) in [5.41, 5.74) is 0.370. The van der Waals surface area contributed by atoms with Crippen molar-refractivity contribution in [2.75, 3.05) is 0 Å². The maximum atomic E-state index is 12.7. The van der Waals surface area contributed by atoms with Gasteiger partial charge in [-0.25, -0.2) is 8.42 Å². The number of hydrogen-bond donors (Lipinski definition) is 1. The molecule has 0 radical (unpaired) electrons. The number of nitrogens with one attached hydrogen (secondary N) is 1. The first-order valence-corrected chi connectivity index (χ1v) is 8.10. The Labute approximate surface area is 124 Å². The van der Waals surface area contributed by atoms with Crippen molar-refractivity contribution >= 4 is 10.0 Å². The van der Waals surface area contributed by atoms with Crippen LogP contribution in [0.4, 0.5) is 0 Å². The van der Waals surface area contributed by atoms with E-state index in [0.29, 0.717) is 0 Å². The average Bonchev–Trinajstić information content (AvgIpc) is 2.45. The molecule has 2 aromatic rings. The van der Waals surface area contributed by atoms with Gasteiger partial charge in [-0.05, 0) is 19.4 Å². The van der Waals surface area contributed by atoms with E-state index in [9.17, 15) is 13.2 Å². The van der Waals surface area contributed by atoms with Crippen molar-refractivity contribution in [1.82, 2.24) is 9.29 Å². The first-order chi connectivity index (χ1) is 9.93. The third-order valence-corrected chi connectivity index (χ3v) is 5.18. The van der Waals surface area contributed by atoms with Crippen LogP contribution >= 0.6 is 0 Å². The Balaban J connectivity index is 2.43. The number of hydrogen-bond acceptors (Lipinski definition) is 3. The van der Waals surface area contributed by atoms with Crippen molar-refractivity contribution in [3.8, 4) is 0 Å². The van der Waals surface area contributed by atoms with Crippen molar-refractivity contribution in [3.05, 3.63) is 64.6 Å². The molecule has 1 aromatic heterocycles. The zero-order chi connectivity index (χ0) is 15.5. The Hall–Kier alpha value is -1.92. The Bertz CT molecular complexity index is 752. The molecule has 1 heterocycles. The van der Waals surface area contributed by atoms with Crippen LogP contribution in [0.15, 0.2) is 58.5 Å². The summed E-state index contributed by atoms with van der Waals surface area (Å²) in [6, 6.07) is 10.3. The minimum absolute atomic E-state index is 0.227. The van der Waals surface area contributed by atoms with Crippen LogP contribution in [-0.2, 0) is 16.6 Å². The zero-order valence-electron chi connectivity index (χ0n) is 12.0. The fraction of sp³-hybridized carbons (Fsp3) is 0.267. The van der Waals surface area contributed by atoms with E-state index in [-0.39, 0.29) is 17.5 Å². The second kappa shape index (κ2) is 6.24. The van der Waals surface area contributed by atoms with Gasteiger partial charge < -0.3 is 4.98 Å². The van der Waals surface area contributed by atoms with Gasteiger partial charge in [0, 0.05) is 31.0 Å². The number of aromatic nitrogens is 1. The molecule has 0 saturated carbocycles. The maximum Gasteiger partial charge on any atom is 0.248 e. The molecule has 0 saturated heterocycles. The third kappa shape index (κ3) is 3.40. The van der Waals surface area contributed by atoms with Crippen molar-refractivity contribution in [2.45, 2.75) is 31.3 Å². The van der Waals surface area contributed by atoms with E-state index < -0.39 is 15.5 Å². The van der Waals surface area contributed by atoms with Gasteiger partial charge in [-0.3, -0.25) is 4.79 Å². The molecular formula is C15H18N2O3S. The molecule has 0 aliphatic carbocycles. The number of H-pyrrole nitrogens is 1. The van der Waals surface area contributed by atoms with Gasteiger partial charge in [0.05, 0.1) is 0 Å². The lowest BCUT2D eigenvalue weighted by Gasteiger charge is -2.25. The Morgan fingerprint density at radius 2 is 1.81 bits per heavy atom. The molecule has 0 unspecified atom stereocenters. The Kier molecular flexibility index (Phi) is 4.59. The monoisotopic (exact) mass is 306 g/mol. The first kappa shape index (κ1) is 15.5. The van der Waals surface area contributed by atoms with Crippen molar-refractivity contribution in [1.29, 1.82) is 0 Å². The van der Waals surface area contributed by atoms with Crippen molar-refractivity contribution in [2.24, 2.45) is 0 Å². The minimum Gasteiger partial charge on any atom is -0.366 e.